The molecule has 0 unspecified atom stereocenters. The lowest BCUT2D eigenvalue weighted by Gasteiger charge is -2.35. The Morgan fingerprint density at radius 3 is 2.22 bits per heavy atom. The van der Waals surface area contributed by atoms with Crippen molar-refractivity contribution < 1.29 is 23.6 Å². The van der Waals surface area contributed by atoms with Crippen LogP contribution in [0, 0.1) is 23.6 Å². The summed E-state index contributed by atoms with van der Waals surface area (Å²) >= 11 is 6.16. The quantitative estimate of drug-likeness (QED) is 0.0578. The second-order valence-corrected chi connectivity index (χ2v) is 17.6. The first kappa shape index (κ1) is 42.7. The number of halogens is 2. The predicted molar refractivity (Wildman–Crippen MR) is 246 cm³/mol. The Kier molecular flexibility index (Phi) is 12.7. The number of carbonyl (C=O) groups is 4. The molecule has 5 aromatic rings. The number of anilines is 7. The van der Waals surface area contributed by atoms with Gasteiger partial charge in [0.25, 0.3) is 11.8 Å². The number of aromatic nitrogens is 2. The van der Waals surface area contributed by atoms with Crippen molar-refractivity contribution in [2.24, 2.45) is 17.8 Å². The molecule has 4 fully saturated rings. The molecule has 4 aliphatic rings. The van der Waals surface area contributed by atoms with Gasteiger partial charge in [-0.2, -0.15) is 4.98 Å². The van der Waals surface area contributed by atoms with Gasteiger partial charge in [0.05, 0.1) is 16.9 Å². The first-order chi connectivity index (χ1) is 31.1. The fourth-order valence-electron chi connectivity index (χ4n) is 9.52. The molecule has 3 saturated heterocycles. The summed E-state index contributed by atoms with van der Waals surface area (Å²) in [5.41, 5.74) is 4.65. The second-order valence-electron chi connectivity index (χ2n) is 17.2. The summed E-state index contributed by atoms with van der Waals surface area (Å²) in [6, 6.07) is 28.9. The van der Waals surface area contributed by atoms with Crippen LogP contribution in [-0.2, 0) is 9.59 Å². The van der Waals surface area contributed by atoms with E-state index in [2.05, 4.69) is 64.2 Å². The van der Waals surface area contributed by atoms with Crippen molar-refractivity contribution in [2.45, 2.75) is 63.1 Å². The first-order valence-corrected chi connectivity index (χ1v) is 22.3. The lowest BCUT2D eigenvalue weighted by molar-refractivity contribution is -0.133. The van der Waals surface area contributed by atoms with Crippen LogP contribution in [0.2, 0.25) is 5.02 Å². The highest BCUT2D eigenvalue weighted by atomic mass is 35.5. The largest absolute Gasteiger partial charge is 0.374 e. The summed E-state index contributed by atoms with van der Waals surface area (Å²) in [5.74, 6) is 0.274. The highest BCUT2D eigenvalue weighted by Gasteiger charge is 2.44. The van der Waals surface area contributed by atoms with E-state index in [1.54, 1.807) is 72.8 Å². The number of rotatable bonds is 13. The van der Waals surface area contributed by atoms with E-state index < -0.39 is 11.9 Å². The van der Waals surface area contributed by atoms with Crippen LogP contribution >= 0.6 is 11.6 Å². The Bertz CT molecular complexity index is 2500. The third kappa shape index (κ3) is 10.1. The van der Waals surface area contributed by atoms with Crippen LogP contribution in [-0.4, -0.2) is 71.4 Å². The molecule has 3 aliphatic heterocycles. The molecule has 9 rings (SSSR count). The van der Waals surface area contributed by atoms with Crippen LogP contribution < -0.4 is 42.1 Å². The number of hydrogen-bond donors (Lipinski definition) is 7. The minimum atomic E-state index is -0.652. The Morgan fingerprint density at radius 1 is 0.812 bits per heavy atom. The Morgan fingerprint density at radius 2 is 1.50 bits per heavy atom. The van der Waals surface area contributed by atoms with Gasteiger partial charge in [0.2, 0.25) is 17.8 Å². The lowest BCUT2D eigenvalue weighted by Crippen LogP contribution is -2.47. The van der Waals surface area contributed by atoms with Gasteiger partial charge >= 0.3 is 0 Å². The van der Waals surface area contributed by atoms with Crippen LogP contribution in [0.5, 0.6) is 0 Å². The van der Waals surface area contributed by atoms with E-state index in [0.29, 0.717) is 69.8 Å². The molecule has 14 nitrogen and oxygen atoms in total. The summed E-state index contributed by atoms with van der Waals surface area (Å²) in [5, 5.41) is 22.0. The SMILES string of the molecule is O=C1CC[C@H](Nc2ccc(N3CCC(C[C@@H]4NC[C@H]5C[C@H](NC(=O)c6ccc(Nc7ncc(F)c(Nc8ccc(C(=O)Nc9ccccc9Cl)cc8)n7)cc6)C[C@@H]54)CC3)cc2)C(=O)N1. The summed E-state index contributed by atoms with van der Waals surface area (Å²) in [6.45, 7) is 2.98. The number of imide groups is 1. The van der Waals surface area contributed by atoms with Gasteiger partial charge in [-0.25, -0.2) is 9.37 Å². The predicted octanol–water partition coefficient (Wildman–Crippen LogP) is 7.63. The van der Waals surface area contributed by atoms with Gasteiger partial charge in [-0.1, -0.05) is 23.7 Å². The van der Waals surface area contributed by atoms with E-state index in [1.807, 2.05) is 12.1 Å². The molecular formula is C48H50ClFN10O4. The molecule has 1 saturated carbocycles. The van der Waals surface area contributed by atoms with Gasteiger partial charge in [-0.15, -0.1) is 0 Å². The molecule has 16 heteroatoms. The van der Waals surface area contributed by atoms with Gasteiger partial charge in [0.15, 0.2) is 11.6 Å². The monoisotopic (exact) mass is 884 g/mol. The lowest BCUT2D eigenvalue weighted by atomic mass is 9.84. The van der Waals surface area contributed by atoms with Gasteiger partial charge in [-0.3, -0.25) is 24.5 Å². The van der Waals surface area contributed by atoms with Crippen LogP contribution in [0.4, 0.5) is 44.6 Å². The fourth-order valence-corrected chi connectivity index (χ4v) is 9.70. The second kappa shape index (κ2) is 19.0. The number of hydrogen-bond acceptors (Lipinski definition) is 11. The molecule has 0 spiro atoms. The molecule has 4 heterocycles. The number of benzene rings is 4. The van der Waals surface area contributed by atoms with E-state index in [-0.39, 0.29) is 41.4 Å². The smallest absolute Gasteiger partial charge is 0.255 e. The maximum absolute atomic E-state index is 14.8. The maximum Gasteiger partial charge on any atom is 0.255 e. The highest BCUT2D eigenvalue weighted by Crippen LogP contribution is 2.41. The van der Waals surface area contributed by atoms with Crippen LogP contribution in [0.1, 0.15) is 65.7 Å². The molecular weight excluding hydrogens is 835 g/mol. The maximum atomic E-state index is 14.8. The van der Waals surface area contributed by atoms with Gasteiger partial charge in [0.1, 0.15) is 6.04 Å². The molecule has 1 aromatic heterocycles. The third-order valence-electron chi connectivity index (χ3n) is 12.9. The van der Waals surface area contributed by atoms with Crippen molar-refractivity contribution in [3.63, 3.8) is 0 Å². The van der Waals surface area contributed by atoms with Crippen molar-refractivity contribution in [1.29, 1.82) is 0 Å². The zero-order chi connectivity index (χ0) is 44.2. The van der Waals surface area contributed by atoms with Crippen LogP contribution in [0.25, 0.3) is 0 Å². The summed E-state index contributed by atoms with van der Waals surface area (Å²) in [6.07, 6.45) is 7.25. The first-order valence-electron chi connectivity index (χ1n) is 21.9. The molecule has 7 N–H and O–H groups in total. The molecule has 64 heavy (non-hydrogen) atoms. The number of amides is 4. The van der Waals surface area contributed by atoms with Crippen molar-refractivity contribution >= 4 is 75.4 Å². The summed E-state index contributed by atoms with van der Waals surface area (Å²) < 4.78 is 14.8. The number of nitrogens with one attached hydrogen (secondary N) is 7. The number of carbonyl (C=O) groups excluding carboxylic acids is 4. The fraction of sp³-hybridized carbons (Fsp3) is 0.333. The average Bonchev–Trinajstić information content (AvgIpc) is 3.88. The zero-order valence-electron chi connectivity index (χ0n) is 35.1. The molecule has 1 aliphatic carbocycles. The van der Waals surface area contributed by atoms with E-state index in [9.17, 15) is 23.6 Å². The van der Waals surface area contributed by atoms with Crippen molar-refractivity contribution in [2.75, 3.05) is 45.8 Å². The van der Waals surface area contributed by atoms with Gasteiger partial charge in [0, 0.05) is 65.5 Å². The standard InChI is InChI=1S/C48H50ClFN10O4/c49-38-3-1-2-4-40(38)57-46(63)30-5-9-33(10-6-30)54-44-39(50)27-52-48(59-44)56-34-11-7-29(8-12-34)45(62)55-35-24-31-26-51-42(37(31)25-35)23-28-19-21-60(22-20-28)36-15-13-32(14-16-36)53-41-17-18-43(61)58-47(41)64/h1-16,27-28,31,35,37,41-42,51,53H,17-26H2,(H,55,62)(H,57,63)(H,58,61,64)(H2,52,54,56,59)/t31-,35+,37+,41+,42+/m1/s1. The van der Waals surface area contributed by atoms with E-state index in [0.717, 1.165) is 63.6 Å². The van der Waals surface area contributed by atoms with Gasteiger partial charge in [-0.05, 0) is 148 Å². The number of para-hydroxylation sites is 1. The Hall–Kier alpha value is -6.58. The molecule has 330 valence electrons. The zero-order valence-corrected chi connectivity index (χ0v) is 35.8. The molecule has 0 bridgehead atoms. The number of fused-ring (bicyclic) bond motifs is 1. The van der Waals surface area contributed by atoms with Crippen molar-refractivity contribution in [1.82, 2.24) is 25.9 Å². The molecule has 4 amide bonds. The van der Waals surface area contributed by atoms with Crippen LogP contribution in [0.15, 0.2) is 103 Å². The Balaban J connectivity index is 0.714. The average molecular weight is 885 g/mol. The normalized spacial score (nSPS) is 22.0. The summed E-state index contributed by atoms with van der Waals surface area (Å²) in [7, 11) is 0. The van der Waals surface area contributed by atoms with Crippen molar-refractivity contribution in [3.8, 4) is 0 Å². The molecule has 0 radical (unpaired) electrons. The Labute approximate surface area is 375 Å². The van der Waals surface area contributed by atoms with Crippen LogP contribution in [0.3, 0.4) is 0 Å². The van der Waals surface area contributed by atoms with Crippen molar-refractivity contribution in [3.05, 3.63) is 125 Å². The number of piperidine rings is 2. The topological polar surface area (TPSA) is 182 Å². The minimum Gasteiger partial charge on any atom is -0.374 e. The van der Waals surface area contributed by atoms with E-state index >= 15 is 0 Å². The number of nitrogens with zero attached hydrogens (tertiary/aromatic N) is 3. The molecule has 4 aromatic carbocycles. The molecule has 5 atom stereocenters. The highest BCUT2D eigenvalue weighted by molar-refractivity contribution is 6.33. The third-order valence-corrected chi connectivity index (χ3v) is 13.3. The summed E-state index contributed by atoms with van der Waals surface area (Å²) in [4.78, 5) is 60.6. The minimum absolute atomic E-state index is 0.0480. The van der Waals surface area contributed by atoms with Gasteiger partial charge < -0.3 is 36.8 Å². The van der Waals surface area contributed by atoms with E-state index in [4.69, 9.17) is 11.6 Å². The van der Waals surface area contributed by atoms with E-state index in [1.165, 1.54) is 5.69 Å².